The molecule has 1 amide bonds. The maximum atomic E-state index is 13.5. The summed E-state index contributed by atoms with van der Waals surface area (Å²) < 4.78 is 20.5. The molecular weight excluding hydrogens is 357 g/mol. The Labute approximate surface area is 153 Å². The van der Waals surface area contributed by atoms with Gasteiger partial charge in [-0.3, -0.25) is 4.79 Å². The average molecular weight is 373 g/mol. The van der Waals surface area contributed by atoms with Crippen LogP contribution in [0.4, 0.5) is 10.1 Å². The molecule has 1 heterocycles. The molecule has 9 heteroatoms. The minimum Gasteiger partial charge on any atom is -0.490 e. The zero-order valence-electron chi connectivity index (χ0n) is 13.9. The Morgan fingerprint density at radius 3 is 2.92 bits per heavy atom. The average Bonchev–Trinajstić information content (AvgIpc) is 3.08. The molecule has 1 N–H and O–H groups in total. The highest BCUT2D eigenvalue weighted by Gasteiger charge is 2.10. The largest absolute Gasteiger partial charge is 0.490 e. The molecule has 2 aromatic carbocycles. The molecule has 0 aliphatic carbocycles. The number of rotatable bonds is 7. The van der Waals surface area contributed by atoms with Gasteiger partial charge in [-0.15, -0.1) is 5.10 Å². The van der Waals surface area contributed by atoms with Gasteiger partial charge in [-0.25, -0.2) is 4.39 Å². The SMILES string of the molecule is CC(=O)Nc1cccc(-n2nnnc2SCCOc2ccccc2F)c1. The first-order valence-electron chi connectivity index (χ1n) is 7.80. The predicted molar refractivity (Wildman–Crippen MR) is 96.1 cm³/mol. The molecule has 0 saturated heterocycles. The van der Waals surface area contributed by atoms with Crippen LogP contribution in [-0.4, -0.2) is 38.5 Å². The Hall–Kier alpha value is -2.94. The third-order valence-corrected chi connectivity index (χ3v) is 4.14. The van der Waals surface area contributed by atoms with E-state index < -0.39 is 5.82 Å². The van der Waals surface area contributed by atoms with Crippen LogP contribution in [0.2, 0.25) is 0 Å². The van der Waals surface area contributed by atoms with Gasteiger partial charge in [0.25, 0.3) is 0 Å². The number of carbonyl (C=O) groups excluding carboxylic acids is 1. The Morgan fingerprint density at radius 2 is 2.12 bits per heavy atom. The van der Waals surface area contributed by atoms with Gasteiger partial charge in [-0.05, 0) is 40.8 Å². The lowest BCUT2D eigenvalue weighted by Gasteiger charge is -2.08. The lowest BCUT2D eigenvalue weighted by Crippen LogP contribution is -2.07. The van der Waals surface area contributed by atoms with Crippen LogP contribution in [0.15, 0.2) is 53.7 Å². The maximum absolute atomic E-state index is 13.5. The molecule has 7 nitrogen and oxygen atoms in total. The van der Waals surface area contributed by atoms with Crippen molar-refractivity contribution in [3.63, 3.8) is 0 Å². The van der Waals surface area contributed by atoms with E-state index in [1.807, 2.05) is 6.07 Å². The van der Waals surface area contributed by atoms with E-state index in [9.17, 15) is 9.18 Å². The number of aromatic nitrogens is 4. The van der Waals surface area contributed by atoms with E-state index >= 15 is 0 Å². The van der Waals surface area contributed by atoms with Crippen LogP contribution in [0.5, 0.6) is 5.75 Å². The Kier molecular flexibility index (Phi) is 5.80. The van der Waals surface area contributed by atoms with Gasteiger partial charge in [-0.1, -0.05) is 30.0 Å². The molecule has 0 unspecified atom stereocenters. The number of anilines is 1. The number of nitrogens with zero attached hydrogens (tertiary/aromatic N) is 4. The predicted octanol–water partition coefficient (Wildman–Crippen LogP) is 2.93. The van der Waals surface area contributed by atoms with E-state index in [1.165, 1.54) is 24.8 Å². The lowest BCUT2D eigenvalue weighted by atomic mass is 10.3. The number of halogens is 1. The van der Waals surface area contributed by atoms with Crippen LogP contribution >= 0.6 is 11.8 Å². The summed E-state index contributed by atoms with van der Waals surface area (Å²) >= 11 is 1.39. The highest BCUT2D eigenvalue weighted by molar-refractivity contribution is 7.99. The summed E-state index contributed by atoms with van der Waals surface area (Å²) in [6, 6.07) is 13.5. The number of tetrazole rings is 1. The van der Waals surface area contributed by atoms with E-state index in [1.54, 1.807) is 41.1 Å². The number of nitrogens with one attached hydrogen (secondary N) is 1. The first-order valence-corrected chi connectivity index (χ1v) is 8.78. The number of hydrogen-bond donors (Lipinski definition) is 1. The second kappa shape index (κ2) is 8.43. The summed E-state index contributed by atoms with van der Waals surface area (Å²) in [6.07, 6.45) is 0. The number of para-hydroxylation sites is 1. The fraction of sp³-hybridized carbons (Fsp3) is 0.176. The van der Waals surface area contributed by atoms with Gasteiger partial charge in [-0.2, -0.15) is 4.68 Å². The molecule has 3 rings (SSSR count). The Balaban J connectivity index is 1.62. The quantitative estimate of drug-likeness (QED) is 0.507. The molecule has 0 spiro atoms. The zero-order valence-corrected chi connectivity index (χ0v) is 14.7. The van der Waals surface area contributed by atoms with Crippen LogP contribution in [0.25, 0.3) is 5.69 Å². The van der Waals surface area contributed by atoms with Crippen LogP contribution in [-0.2, 0) is 4.79 Å². The Bertz CT molecular complexity index is 902. The standard InChI is InChI=1S/C17H16FN5O2S/c1-12(24)19-13-5-4-6-14(11-13)23-17(20-21-22-23)26-10-9-25-16-8-3-2-7-15(16)18/h2-8,11H,9-10H2,1H3,(H,19,24). The normalized spacial score (nSPS) is 10.5. The van der Waals surface area contributed by atoms with E-state index in [2.05, 4.69) is 20.8 Å². The monoisotopic (exact) mass is 373 g/mol. The van der Waals surface area contributed by atoms with Crippen molar-refractivity contribution in [1.29, 1.82) is 0 Å². The summed E-state index contributed by atoms with van der Waals surface area (Å²) in [6.45, 7) is 1.75. The third kappa shape index (κ3) is 4.57. The van der Waals surface area contributed by atoms with Gasteiger partial charge in [0.15, 0.2) is 11.6 Å². The first kappa shape index (κ1) is 17.9. The van der Waals surface area contributed by atoms with Gasteiger partial charge in [0, 0.05) is 18.4 Å². The summed E-state index contributed by atoms with van der Waals surface area (Å²) in [4.78, 5) is 11.2. The van der Waals surface area contributed by atoms with Gasteiger partial charge < -0.3 is 10.1 Å². The summed E-state index contributed by atoms with van der Waals surface area (Å²) in [7, 11) is 0. The van der Waals surface area contributed by atoms with Crippen LogP contribution in [0.3, 0.4) is 0 Å². The number of ether oxygens (including phenoxy) is 1. The van der Waals surface area contributed by atoms with E-state index in [0.717, 1.165) is 5.69 Å². The first-order chi connectivity index (χ1) is 12.6. The molecule has 1 aromatic heterocycles. The van der Waals surface area contributed by atoms with Crippen molar-refractivity contribution in [2.45, 2.75) is 12.1 Å². The Morgan fingerprint density at radius 1 is 1.27 bits per heavy atom. The molecule has 0 radical (unpaired) electrons. The molecule has 0 aliphatic heterocycles. The summed E-state index contributed by atoms with van der Waals surface area (Å²) in [5.41, 5.74) is 1.38. The van der Waals surface area contributed by atoms with Crippen LogP contribution in [0, 0.1) is 5.82 Å². The molecule has 0 saturated carbocycles. The number of thioether (sulfide) groups is 1. The third-order valence-electron chi connectivity index (χ3n) is 3.26. The van der Waals surface area contributed by atoms with Gasteiger partial charge in [0.1, 0.15) is 0 Å². The highest BCUT2D eigenvalue weighted by Crippen LogP contribution is 2.21. The van der Waals surface area contributed by atoms with Crippen molar-refractivity contribution >= 4 is 23.4 Å². The van der Waals surface area contributed by atoms with Crippen molar-refractivity contribution in [2.75, 3.05) is 17.7 Å². The molecule has 0 atom stereocenters. The van der Waals surface area contributed by atoms with Crippen molar-refractivity contribution in [3.05, 3.63) is 54.3 Å². The van der Waals surface area contributed by atoms with E-state index in [0.29, 0.717) is 23.2 Å². The fourth-order valence-electron chi connectivity index (χ4n) is 2.20. The second-order valence-electron chi connectivity index (χ2n) is 5.23. The van der Waals surface area contributed by atoms with E-state index in [-0.39, 0.29) is 11.7 Å². The highest BCUT2D eigenvalue weighted by atomic mass is 32.2. The molecule has 0 aliphatic rings. The molecule has 0 fully saturated rings. The summed E-state index contributed by atoms with van der Waals surface area (Å²) in [5, 5.41) is 15.0. The van der Waals surface area contributed by atoms with Gasteiger partial charge >= 0.3 is 0 Å². The molecule has 26 heavy (non-hydrogen) atoms. The van der Waals surface area contributed by atoms with Crippen molar-refractivity contribution < 1.29 is 13.9 Å². The number of carbonyl (C=O) groups is 1. The van der Waals surface area contributed by atoms with Gasteiger partial charge in [0.05, 0.1) is 12.3 Å². The molecular formula is C17H16FN5O2S. The number of hydrogen-bond acceptors (Lipinski definition) is 6. The topological polar surface area (TPSA) is 81.9 Å². The smallest absolute Gasteiger partial charge is 0.221 e. The summed E-state index contributed by atoms with van der Waals surface area (Å²) in [5.74, 6) is 0.215. The fourth-order valence-corrected chi connectivity index (χ4v) is 2.90. The number of amides is 1. The van der Waals surface area contributed by atoms with Crippen molar-refractivity contribution in [1.82, 2.24) is 20.2 Å². The van der Waals surface area contributed by atoms with Gasteiger partial charge in [0.2, 0.25) is 11.1 Å². The maximum Gasteiger partial charge on any atom is 0.221 e. The molecule has 0 bridgehead atoms. The van der Waals surface area contributed by atoms with Crippen LogP contribution < -0.4 is 10.1 Å². The second-order valence-corrected chi connectivity index (χ2v) is 6.29. The van der Waals surface area contributed by atoms with Crippen molar-refractivity contribution in [2.24, 2.45) is 0 Å². The lowest BCUT2D eigenvalue weighted by molar-refractivity contribution is -0.114. The van der Waals surface area contributed by atoms with Crippen LogP contribution in [0.1, 0.15) is 6.92 Å². The minimum absolute atomic E-state index is 0.154. The van der Waals surface area contributed by atoms with E-state index in [4.69, 9.17) is 4.74 Å². The zero-order chi connectivity index (χ0) is 18.4. The van der Waals surface area contributed by atoms with Crippen molar-refractivity contribution in [3.8, 4) is 11.4 Å². The molecule has 3 aromatic rings. The minimum atomic E-state index is -0.392. The number of benzene rings is 2. The molecule has 134 valence electrons.